The molecule has 0 radical (unpaired) electrons. The fraction of sp³-hybridized carbons (Fsp3) is 0.545. The molecule has 21 heavy (non-hydrogen) atoms. The molecule has 1 aromatic heterocycles. The third-order valence-electron chi connectivity index (χ3n) is 3.01. The molecular formula is C11H16N4O5S. The van der Waals surface area contributed by atoms with Crippen LogP contribution in [0.4, 0.5) is 5.82 Å². The number of anilines is 1. The smallest absolute Gasteiger partial charge is 0.321 e. The van der Waals surface area contributed by atoms with Crippen LogP contribution in [0.3, 0.4) is 0 Å². The first-order valence-corrected chi connectivity index (χ1v) is 7.82. The van der Waals surface area contributed by atoms with Crippen molar-refractivity contribution in [2.24, 2.45) is 11.1 Å². The number of nitrogens with two attached hydrogens (primary N) is 1. The summed E-state index contributed by atoms with van der Waals surface area (Å²) in [4.78, 5) is 21.4. The predicted molar refractivity (Wildman–Crippen MR) is 73.6 cm³/mol. The first kappa shape index (κ1) is 15.4. The van der Waals surface area contributed by atoms with Crippen LogP contribution in [-0.4, -0.2) is 50.8 Å². The highest BCUT2D eigenvalue weighted by atomic mass is 32.2. The Balaban J connectivity index is 2.24. The molecule has 2 N–H and O–H groups in total. The van der Waals surface area contributed by atoms with Gasteiger partial charge in [-0.15, -0.1) is 0 Å². The fourth-order valence-corrected chi connectivity index (χ4v) is 3.05. The van der Waals surface area contributed by atoms with Crippen molar-refractivity contribution in [3.05, 3.63) is 6.07 Å². The van der Waals surface area contributed by atoms with Gasteiger partial charge in [-0.05, 0) is 0 Å². The van der Waals surface area contributed by atoms with Gasteiger partial charge in [-0.2, -0.15) is 9.97 Å². The molecule has 1 fully saturated rings. The average molecular weight is 316 g/mol. The van der Waals surface area contributed by atoms with Gasteiger partial charge in [0.05, 0.1) is 20.0 Å². The number of amides is 1. The third kappa shape index (κ3) is 3.79. The van der Waals surface area contributed by atoms with Crippen molar-refractivity contribution in [1.82, 2.24) is 9.97 Å². The Morgan fingerprint density at radius 3 is 2.67 bits per heavy atom. The molecular weight excluding hydrogens is 300 g/mol. The Hall–Kier alpha value is -1.94. The van der Waals surface area contributed by atoms with Crippen LogP contribution in [0.5, 0.6) is 11.9 Å². The van der Waals surface area contributed by atoms with Crippen LogP contribution in [0.25, 0.3) is 0 Å². The van der Waals surface area contributed by atoms with Gasteiger partial charge in [0, 0.05) is 24.9 Å². The zero-order valence-corrected chi connectivity index (χ0v) is 12.5. The van der Waals surface area contributed by atoms with E-state index in [-0.39, 0.29) is 42.4 Å². The average Bonchev–Trinajstić information content (AvgIpc) is 2.76. The molecule has 1 amide bonds. The molecule has 1 aliphatic rings. The minimum atomic E-state index is -3.62. The van der Waals surface area contributed by atoms with Gasteiger partial charge >= 0.3 is 6.01 Å². The van der Waals surface area contributed by atoms with Gasteiger partial charge in [0.2, 0.25) is 21.8 Å². The molecule has 0 aromatic carbocycles. The first-order valence-electron chi connectivity index (χ1n) is 6.10. The minimum Gasteiger partial charge on any atom is -0.481 e. The summed E-state index contributed by atoms with van der Waals surface area (Å²) >= 11 is 0. The van der Waals surface area contributed by atoms with Crippen LogP contribution < -0.4 is 19.5 Å². The number of hydrogen-bond donors (Lipinski definition) is 1. The maximum atomic E-state index is 12.0. The number of carbonyl (C=O) groups excluding carboxylic acids is 1. The molecule has 1 saturated heterocycles. The maximum absolute atomic E-state index is 12.0. The van der Waals surface area contributed by atoms with Gasteiger partial charge in [-0.3, -0.25) is 9.69 Å². The molecule has 1 aliphatic heterocycles. The zero-order chi connectivity index (χ0) is 15.6. The predicted octanol–water partition coefficient (Wildman–Crippen LogP) is -0.865. The standard InChI is InChI=1S/C11H16N4O5S/c1-19-9-4-8(13-11(14-9)20-2)15-5-7(3-10(15)16)6-21(12,17)18/h4,7H,3,5-6H2,1-2H3,(H2,12,17,18). The summed E-state index contributed by atoms with van der Waals surface area (Å²) in [6.45, 7) is 0.221. The molecule has 10 heteroatoms. The fourth-order valence-electron chi connectivity index (χ4n) is 2.17. The lowest BCUT2D eigenvalue weighted by molar-refractivity contribution is -0.117. The van der Waals surface area contributed by atoms with E-state index in [1.54, 1.807) is 0 Å². The van der Waals surface area contributed by atoms with Gasteiger partial charge in [0.25, 0.3) is 0 Å². The normalized spacial score (nSPS) is 18.9. The maximum Gasteiger partial charge on any atom is 0.321 e. The zero-order valence-electron chi connectivity index (χ0n) is 11.6. The number of sulfonamides is 1. The van der Waals surface area contributed by atoms with Crippen LogP contribution in [0.1, 0.15) is 6.42 Å². The Kier molecular flexibility index (Phi) is 4.28. The molecule has 116 valence electrons. The number of carbonyl (C=O) groups is 1. The number of rotatable bonds is 5. The van der Waals surface area contributed by atoms with E-state index in [1.165, 1.54) is 25.2 Å². The second kappa shape index (κ2) is 5.82. The number of methoxy groups -OCH3 is 2. The Morgan fingerprint density at radius 1 is 1.38 bits per heavy atom. The molecule has 0 bridgehead atoms. The van der Waals surface area contributed by atoms with E-state index >= 15 is 0 Å². The third-order valence-corrected chi connectivity index (χ3v) is 3.95. The first-order chi connectivity index (χ1) is 9.82. The highest BCUT2D eigenvalue weighted by molar-refractivity contribution is 7.89. The van der Waals surface area contributed by atoms with Gasteiger partial charge in [0.15, 0.2) is 0 Å². The van der Waals surface area contributed by atoms with Crippen LogP contribution in [0, 0.1) is 5.92 Å². The molecule has 9 nitrogen and oxygen atoms in total. The van der Waals surface area contributed by atoms with Gasteiger partial charge < -0.3 is 9.47 Å². The SMILES string of the molecule is COc1cc(N2CC(CS(N)(=O)=O)CC2=O)nc(OC)n1. The van der Waals surface area contributed by atoms with Crippen molar-refractivity contribution in [1.29, 1.82) is 0 Å². The quantitative estimate of drug-likeness (QED) is 0.749. The number of aromatic nitrogens is 2. The Labute approximate surface area is 122 Å². The van der Waals surface area contributed by atoms with Crippen molar-refractivity contribution in [3.63, 3.8) is 0 Å². The van der Waals surface area contributed by atoms with Gasteiger partial charge in [0.1, 0.15) is 5.82 Å². The topological polar surface area (TPSA) is 125 Å². The minimum absolute atomic E-state index is 0.0621. The molecule has 1 atom stereocenters. The Bertz CT molecular complexity index is 626. The molecule has 0 saturated carbocycles. The van der Waals surface area contributed by atoms with E-state index < -0.39 is 10.0 Å². The number of hydrogen-bond acceptors (Lipinski definition) is 7. The van der Waals surface area contributed by atoms with E-state index in [0.29, 0.717) is 5.82 Å². The summed E-state index contributed by atoms with van der Waals surface area (Å²) in [7, 11) is -0.795. The number of ether oxygens (including phenoxy) is 2. The second-order valence-corrected chi connectivity index (χ2v) is 6.32. The van der Waals surface area contributed by atoms with Crippen molar-refractivity contribution in [3.8, 4) is 11.9 Å². The number of nitrogens with zero attached hydrogens (tertiary/aromatic N) is 3. The van der Waals surface area contributed by atoms with Gasteiger partial charge in [-0.25, -0.2) is 13.6 Å². The summed E-state index contributed by atoms with van der Waals surface area (Å²) in [5.41, 5.74) is 0. The summed E-state index contributed by atoms with van der Waals surface area (Å²) in [5, 5.41) is 5.01. The van der Waals surface area contributed by atoms with Crippen molar-refractivity contribution < 1.29 is 22.7 Å². The van der Waals surface area contributed by atoms with Gasteiger partial charge in [-0.1, -0.05) is 0 Å². The molecule has 1 aromatic rings. The highest BCUT2D eigenvalue weighted by Gasteiger charge is 2.34. The summed E-state index contributed by atoms with van der Waals surface area (Å²) < 4.78 is 32.2. The van der Waals surface area contributed by atoms with Crippen LogP contribution in [0.15, 0.2) is 6.07 Å². The summed E-state index contributed by atoms with van der Waals surface area (Å²) in [6.07, 6.45) is 0.102. The van der Waals surface area contributed by atoms with Crippen LogP contribution in [0.2, 0.25) is 0 Å². The monoisotopic (exact) mass is 316 g/mol. The molecule has 2 heterocycles. The summed E-state index contributed by atoms with van der Waals surface area (Å²) in [6, 6.07) is 1.55. The molecule has 0 aliphatic carbocycles. The molecule has 2 rings (SSSR count). The van der Waals surface area contributed by atoms with E-state index in [9.17, 15) is 13.2 Å². The van der Waals surface area contributed by atoms with E-state index in [1.807, 2.05) is 0 Å². The van der Waals surface area contributed by atoms with E-state index in [2.05, 4.69) is 9.97 Å². The largest absolute Gasteiger partial charge is 0.481 e. The Morgan fingerprint density at radius 2 is 2.10 bits per heavy atom. The van der Waals surface area contributed by atoms with E-state index in [4.69, 9.17) is 14.6 Å². The van der Waals surface area contributed by atoms with Crippen LogP contribution in [-0.2, 0) is 14.8 Å². The van der Waals surface area contributed by atoms with Crippen molar-refractivity contribution >= 4 is 21.7 Å². The lowest BCUT2D eigenvalue weighted by atomic mass is 10.1. The van der Waals surface area contributed by atoms with E-state index in [0.717, 1.165) is 0 Å². The van der Waals surface area contributed by atoms with Crippen molar-refractivity contribution in [2.75, 3.05) is 31.4 Å². The number of primary sulfonamides is 1. The lowest BCUT2D eigenvalue weighted by Gasteiger charge is -2.16. The highest BCUT2D eigenvalue weighted by Crippen LogP contribution is 2.27. The second-order valence-electron chi connectivity index (χ2n) is 4.66. The molecule has 1 unspecified atom stereocenters. The van der Waals surface area contributed by atoms with Crippen molar-refractivity contribution in [2.45, 2.75) is 6.42 Å². The molecule has 0 spiro atoms. The summed E-state index contributed by atoms with van der Waals surface area (Å²) in [5.74, 6) is -0.278. The lowest BCUT2D eigenvalue weighted by Crippen LogP contribution is -2.28. The van der Waals surface area contributed by atoms with Crippen LogP contribution >= 0.6 is 0 Å².